The lowest BCUT2D eigenvalue weighted by molar-refractivity contribution is -0.120. The Labute approximate surface area is 203 Å². The highest BCUT2D eigenvalue weighted by Gasteiger charge is 2.35. The largest absolute Gasteiger partial charge is 0.445 e. The minimum absolute atomic E-state index is 0.182. The number of anilines is 1. The number of hydrogen-bond donors (Lipinski definition) is 1. The summed E-state index contributed by atoms with van der Waals surface area (Å²) in [5.74, 6) is 0.498. The van der Waals surface area contributed by atoms with Gasteiger partial charge in [-0.25, -0.2) is 9.78 Å². The topological polar surface area (TPSA) is 84.7 Å². The van der Waals surface area contributed by atoms with Crippen molar-refractivity contribution in [2.24, 2.45) is 0 Å². The monoisotopic (exact) mass is 467 g/mol. The summed E-state index contributed by atoms with van der Waals surface area (Å²) in [4.78, 5) is 31.2. The zero-order valence-electron chi connectivity index (χ0n) is 19.1. The third-order valence-electron chi connectivity index (χ3n) is 6.06. The molecule has 4 aromatic rings. The molecular weight excluding hydrogens is 442 g/mol. The van der Waals surface area contributed by atoms with E-state index in [4.69, 9.17) is 9.15 Å². The van der Waals surface area contributed by atoms with Gasteiger partial charge in [0.05, 0.1) is 6.20 Å². The van der Waals surface area contributed by atoms with Gasteiger partial charge in [-0.1, -0.05) is 66.7 Å². The van der Waals surface area contributed by atoms with Crippen LogP contribution in [0.3, 0.4) is 0 Å². The Morgan fingerprint density at radius 2 is 1.77 bits per heavy atom. The van der Waals surface area contributed by atoms with E-state index in [0.29, 0.717) is 24.4 Å². The second-order valence-corrected chi connectivity index (χ2v) is 8.40. The molecule has 7 nitrogen and oxygen atoms in total. The van der Waals surface area contributed by atoms with Crippen LogP contribution in [0.2, 0.25) is 0 Å². The SMILES string of the molecule is O=C(Nc1cccc(-c2ccc(-c3cnco3)cc2)c1)C1CCCN1C(=O)OCc1ccccc1. The summed E-state index contributed by atoms with van der Waals surface area (Å²) in [5, 5.41) is 2.97. The minimum Gasteiger partial charge on any atom is -0.445 e. The highest BCUT2D eigenvalue weighted by molar-refractivity contribution is 5.97. The first-order chi connectivity index (χ1) is 17.2. The number of likely N-dealkylation sites (tertiary alicyclic amines) is 1. The molecule has 1 unspecified atom stereocenters. The van der Waals surface area contributed by atoms with Crippen molar-refractivity contribution in [3.05, 3.63) is 97.0 Å². The standard InChI is InChI=1S/C28H25N3O4/c32-27(25-10-5-15-31(25)28(33)34-18-20-6-2-1-3-7-20)30-24-9-4-8-23(16-24)21-11-13-22(14-12-21)26-17-29-19-35-26/h1-4,6-9,11-14,16-17,19,25H,5,10,15,18H2,(H,30,32). The highest BCUT2D eigenvalue weighted by atomic mass is 16.6. The van der Waals surface area contributed by atoms with Gasteiger partial charge in [0.2, 0.25) is 5.91 Å². The first-order valence-corrected chi connectivity index (χ1v) is 11.5. The fourth-order valence-electron chi connectivity index (χ4n) is 4.25. The number of ether oxygens (including phenoxy) is 1. The van der Waals surface area contributed by atoms with Crippen molar-refractivity contribution in [1.82, 2.24) is 9.88 Å². The maximum absolute atomic E-state index is 13.1. The Bertz CT molecular complexity index is 1290. The lowest BCUT2D eigenvalue weighted by Gasteiger charge is -2.23. The Kier molecular flexibility index (Phi) is 6.57. The van der Waals surface area contributed by atoms with Crippen LogP contribution in [0.25, 0.3) is 22.5 Å². The number of benzene rings is 3. The molecule has 176 valence electrons. The van der Waals surface area contributed by atoms with Gasteiger partial charge >= 0.3 is 6.09 Å². The van der Waals surface area contributed by atoms with Crippen molar-refractivity contribution in [2.75, 3.05) is 11.9 Å². The maximum atomic E-state index is 13.1. The highest BCUT2D eigenvalue weighted by Crippen LogP contribution is 2.27. The van der Waals surface area contributed by atoms with Gasteiger partial charge in [-0.05, 0) is 41.7 Å². The van der Waals surface area contributed by atoms with E-state index in [2.05, 4.69) is 10.3 Å². The summed E-state index contributed by atoms with van der Waals surface area (Å²) >= 11 is 0. The van der Waals surface area contributed by atoms with Gasteiger partial charge in [0.25, 0.3) is 0 Å². The molecule has 1 aromatic heterocycles. The molecule has 1 N–H and O–H groups in total. The Hall–Kier alpha value is -4.39. The number of oxazole rings is 1. The molecule has 0 bridgehead atoms. The fraction of sp³-hybridized carbons (Fsp3) is 0.179. The Morgan fingerprint density at radius 1 is 0.971 bits per heavy atom. The van der Waals surface area contributed by atoms with Crippen molar-refractivity contribution >= 4 is 17.7 Å². The number of nitrogens with zero attached hydrogens (tertiary/aromatic N) is 2. The average molecular weight is 468 g/mol. The lowest BCUT2D eigenvalue weighted by Crippen LogP contribution is -2.43. The van der Waals surface area contributed by atoms with Crippen molar-refractivity contribution in [3.63, 3.8) is 0 Å². The van der Waals surface area contributed by atoms with Crippen molar-refractivity contribution < 1.29 is 18.7 Å². The van der Waals surface area contributed by atoms with E-state index in [1.54, 1.807) is 6.20 Å². The Morgan fingerprint density at radius 3 is 2.54 bits per heavy atom. The van der Waals surface area contributed by atoms with Gasteiger partial charge < -0.3 is 14.5 Å². The Balaban J connectivity index is 1.23. The van der Waals surface area contributed by atoms with Gasteiger partial charge in [-0.15, -0.1) is 0 Å². The molecule has 0 saturated carbocycles. The number of aromatic nitrogens is 1. The summed E-state index contributed by atoms with van der Waals surface area (Å²) in [6, 6.07) is 24.5. The van der Waals surface area contributed by atoms with Gasteiger partial charge in [0, 0.05) is 17.8 Å². The lowest BCUT2D eigenvalue weighted by atomic mass is 10.0. The fourth-order valence-corrected chi connectivity index (χ4v) is 4.25. The number of nitrogens with one attached hydrogen (secondary N) is 1. The molecule has 2 heterocycles. The summed E-state index contributed by atoms with van der Waals surface area (Å²) in [5.41, 5.74) is 4.51. The molecule has 2 amide bonds. The van der Waals surface area contributed by atoms with E-state index >= 15 is 0 Å². The van der Waals surface area contributed by atoms with Crippen LogP contribution in [0.1, 0.15) is 18.4 Å². The van der Waals surface area contributed by atoms with Gasteiger partial charge in [0.15, 0.2) is 12.2 Å². The summed E-state index contributed by atoms with van der Waals surface area (Å²) in [6.45, 7) is 0.686. The molecule has 0 aliphatic carbocycles. The van der Waals surface area contributed by atoms with E-state index in [9.17, 15) is 9.59 Å². The van der Waals surface area contributed by atoms with Crippen molar-refractivity contribution in [1.29, 1.82) is 0 Å². The normalized spacial score (nSPS) is 15.1. The van der Waals surface area contributed by atoms with E-state index in [0.717, 1.165) is 28.7 Å². The molecule has 1 saturated heterocycles. The van der Waals surface area contributed by atoms with E-state index in [1.165, 1.54) is 11.3 Å². The third kappa shape index (κ3) is 5.24. The first-order valence-electron chi connectivity index (χ1n) is 11.5. The van der Waals surface area contributed by atoms with Crippen LogP contribution in [0, 0.1) is 0 Å². The second kappa shape index (κ2) is 10.3. The molecule has 0 radical (unpaired) electrons. The van der Waals surface area contributed by atoms with Crippen LogP contribution in [-0.4, -0.2) is 34.5 Å². The summed E-state index contributed by atoms with van der Waals surface area (Å²) in [6.07, 6.45) is 3.98. The van der Waals surface area contributed by atoms with Crippen LogP contribution in [0.4, 0.5) is 10.5 Å². The molecule has 1 aliphatic rings. The van der Waals surface area contributed by atoms with Gasteiger partial charge in [-0.3, -0.25) is 9.69 Å². The van der Waals surface area contributed by atoms with Crippen LogP contribution in [-0.2, 0) is 16.1 Å². The van der Waals surface area contributed by atoms with E-state index < -0.39 is 12.1 Å². The van der Waals surface area contributed by atoms with Crippen LogP contribution >= 0.6 is 0 Å². The minimum atomic E-state index is -0.553. The molecular formula is C28H25N3O4. The molecule has 7 heteroatoms. The number of carbonyl (C=O) groups is 2. The quantitative estimate of drug-likeness (QED) is 0.390. The molecule has 1 atom stereocenters. The zero-order valence-corrected chi connectivity index (χ0v) is 19.1. The zero-order chi connectivity index (χ0) is 24.0. The number of rotatable bonds is 6. The van der Waals surface area contributed by atoms with Crippen LogP contribution in [0.15, 0.2) is 95.9 Å². The third-order valence-corrected chi connectivity index (χ3v) is 6.06. The predicted molar refractivity (Wildman–Crippen MR) is 132 cm³/mol. The molecule has 3 aromatic carbocycles. The molecule has 1 fully saturated rings. The number of amides is 2. The molecule has 35 heavy (non-hydrogen) atoms. The smallest absolute Gasteiger partial charge is 0.410 e. The van der Waals surface area contributed by atoms with E-state index in [1.807, 2.05) is 78.9 Å². The van der Waals surface area contributed by atoms with E-state index in [-0.39, 0.29) is 12.5 Å². The van der Waals surface area contributed by atoms with Crippen LogP contribution in [0.5, 0.6) is 0 Å². The van der Waals surface area contributed by atoms with Gasteiger partial charge in [-0.2, -0.15) is 0 Å². The molecule has 0 spiro atoms. The van der Waals surface area contributed by atoms with Gasteiger partial charge in [0.1, 0.15) is 12.6 Å². The summed E-state index contributed by atoms with van der Waals surface area (Å²) in [7, 11) is 0. The number of carbonyl (C=O) groups excluding carboxylic acids is 2. The molecule has 1 aliphatic heterocycles. The number of hydrogen-bond acceptors (Lipinski definition) is 5. The summed E-state index contributed by atoms with van der Waals surface area (Å²) < 4.78 is 10.8. The predicted octanol–water partition coefficient (Wildman–Crippen LogP) is 5.75. The second-order valence-electron chi connectivity index (χ2n) is 8.40. The van der Waals surface area contributed by atoms with Crippen molar-refractivity contribution in [3.8, 4) is 22.5 Å². The molecule has 5 rings (SSSR count). The average Bonchev–Trinajstić information content (AvgIpc) is 3.61. The first kappa shape index (κ1) is 22.4. The van der Waals surface area contributed by atoms with Crippen LogP contribution < -0.4 is 5.32 Å². The van der Waals surface area contributed by atoms with Crippen molar-refractivity contribution in [2.45, 2.75) is 25.5 Å². The maximum Gasteiger partial charge on any atom is 0.410 e.